The molecule has 2 bridgehead atoms. The van der Waals surface area contributed by atoms with Crippen LogP contribution in [0.2, 0.25) is 0 Å². The van der Waals surface area contributed by atoms with Gasteiger partial charge in [0.1, 0.15) is 11.9 Å². The molecule has 1 heterocycles. The fourth-order valence-electron chi connectivity index (χ4n) is 4.63. The average molecular weight is 329 g/mol. The highest BCUT2D eigenvalue weighted by Crippen LogP contribution is 2.56. The monoisotopic (exact) mass is 329 g/mol. The van der Waals surface area contributed by atoms with Crippen LogP contribution in [-0.2, 0) is 16.6 Å². The molecule has 2 aliphatic carbocycles. The summed E-state index contributed by atoms with van der Waals surface area (Å²) in [5.74, 6) is 1.22. The molecule has 0 saturated carbocycles. The van der Waals surface area contributed by atoms with Gasteiger partial charge in [0.2, 0.25) is 0 Å². The molecule has 5 nitrogen and oxygen atoms in total. The van der Waals surface area contributed by atoms with Crippen molar-refractivity contribution in [3.8, 4) is 11.5 Å². The van der Waals surface area contributed by atoms with Gasteiger partial charge in [0.05, 0.1) is 14.2 Å². The number of allylic oxidation sites excluding steroid dienone is 1. The number of phenolic OH excluding ortho intramolecular Hbond substituents is 1. The molecule has 1 saturated heterocycles. The first-order valence-corrected chi connectivity index (χ1v) is 8.28. The molecule has 0 spiro atoms. The van der Waals surface area contributed by atoms with Crippen LogP contribution < -0.4 is 4.74 Å². The van der Waals surface area contributed by atoms with Gasteiger partial charge in [0, 0.05) is 17.0 Å². The highest BCUT2D eigenvalue weighted by Gasteiger charge is 2.51. The van der Waals surface area contributed by atoms with Gasteiger partial charge in [-0.3, -0.25) is 4.90 Å². The zero-order valence-electron chi connectivity index (χ0n) is 14.2. The van der Waals surface area contributed by atoms with E-state index in [4.69, 9.17) is 9.47 Å². The Morgan fingerprint density at radius 3 is 2.75 bits per heavy atom. The quantitative estimate of drug-likeness (QED) is 0.809. The minimum Gasteiger partial charge on any atom is -0.504 e. The molecule has 2 N–H and O–H groups in total. The Kier molecular flexibility index (Phi) is 3.41. The summed E-state index contributed by atoms with van der Waals surface area (Å²) < 4.78 is 10.8. The molecule has 0 unspecified atom stereocenters. The summed E-state index contributed by atoms with van der Waals surface area (Å²) in [6.45, 7) is 0.918. The van der Waals surface area contributed by atoms with Gasteiger partial charge in [-0.25, -0.2) is 0 Å². The topological polar surface area (TPSA) is 62.2 Å². The van der Waals surface area contributed by atoms with E-state index in [1.807, 2.05) is 24.3 Å². The van der Waals surface area contributed by atoms with E-state index in [2.05, 4.69) is 11.9 Å². The number of rotatable bonds is 2. The van der Waals surface area contributed by atoms with Crippen molar-refractivity contribution >= 4 is 0 Å². The minimum absolute atomic E-state index is 0.201. The van der Waals surface area contributed by atoms with Gasteiger partial charge in [-0.15, -0.1) is 0 Å². The zero-order valence-corrected chi connectivity index (χ0v) is 14.2. The van der Waals surface area contributed by atoms with Gasteiger partial charge in [-0.2, -0.15) is 0 Å². The summed E-state index contributed by atoms with van der Waals surface area (Å²) in [6.07, 6.45) is 4.82. The van der Waals surface area contributed by atoms with E-state index < -0.39 is 11.5 Å². The number of aliphatic hydroxyl groups is 1. The maximum atomic E-state index is 10.9. The number of likely N-dealkylation sites (N-methyl/N-ethyl adjacent to an activating group) is 1. The van der Waals surface area contributed by atoms with Crippen molar-refractivity contribution in [3.63, 3.8) is 0 Å². The molecule has 0 aromatic heterocycles. The Bertz CT molecular complexity index is 754. The molecule has 3 atom stereocenters. The third kappa shape index (κ3) is 1.88. The number of likely N-dealkylation sites (tertiary alicyclic amines) is 1. The first kappa shape index (κ1) is 15.5. The molecule has 3 aliphatic rings. The number of nitrogens with zero attached hydrogens (tertiary/aromatic N) is 1. The van der Waals surface area contributed by atoms with Crippen LogP contribution in [0.1, 0.15) is 17.5 Å². The van der Waals surface area contributed by atoms with Gasteiger partial charge in [0.25, 0.3) is 0 Å². The van der Waals surface area contributed by atoms with Gasteiger partial charge < -0.3 is 19.7 Å². The second-order valence-electron chi connectivity index (χ2n) is 6.89. The van der Waals surface area contributed by atoms with Crippen LogP contribution in [-0.4, -0.2) is 55.1 Å². The third-order valence-electron chi connectivity index (χ3n) is 5.82. The summed E-state index contributed by atoms with van der Waals surface area (Å²) in [4.78, 5) is 2.33. The summed E-state index contributed by atoms with van der Waals surface area (Å²) in [7, 11) is 5.26. The maximum Gasteiger partial charge on any atom is 0.162 e. The molecular weight excluding hydrogens is 306 g/mol. The lowest BCUT2D eigenvalue weighted by Gasteiger charge is -2.53. The van der Waals surface area contributed by atoms with Gasteiger partial charge >= 0.3 is 0 Å². The lowest BCUT2D eigenvalue weighted by Crippen LogP contribution is -2.54. The Hall–Kier alpha value is -1.98. The molecule has 24 heavy (non-hydrogen) atoms. The second-order valence-corrected chi connectivity index (χ2v) is 6.89. The van der Waals surface area contributed by atoms with Crippen LogP contribution in [0.5, 0.6) is 11.5 Å². The van der Waals surface area contributed by atoms with Crippen molar-refractivity contribution in [2.75, 3.05) is 27.8 Å². The van der Waals surface area contributed by atoms with Crippen molar-refractivity contribution in [2.24, 2.45) is 0 Å². The van der Waals surface area contributed by atoms with Crippen LogP contribution in [0, 0.1) is 0 Å². The number of hydrogen-bond donors (Lipinski definition) is 2. The number of aromatic hydroxyl groups is 1. The van der Waals surface area contributed by atoms with Crippen molar-refractivity contribution in [1.29, 1.82) is 0 Å². The van der Waals surface area contributed by atoms with E-state index in [-0.39, 0.29) is 11.8 Å². The maximum absolute atomic E-state index is 10.9. The standard InChI is InChI=1S/C19H23NO4/c1-20-7-6-19-10-16(24-3)14(21)9-12(19)13(20)8-11-4-5-15(23-2)18(22)17(11)19/h4-5,9-10,13-14,21-22H,6-8H2,1-3H3/t13-,14-,19+/m0/s1. The molecule has 1 aromatic rings. The SMILES string of the molecule is COC1=C[C@@]23CCN(C)[C@@H](Cc4ccc(OC)c(O)c42)C3=C[C@@H]1O. The smallest absolute Gasteiger partial charge is 0.162 e. The van der Waals surface area contributed by atoms with Crippen LogP contribution in [0.3, 0.4) is 0 Å². The third-order valence-corrected chi connectivity index (χ3v) is 5.82. The molecule has 0 radical (unpaired) electrons. The van der Waals surface area contributed by atoms with Gasteiger partial charge in [0.15, 0.2) is 11.5 Å². The lowest BCUT2D eigenvalue weighted by atomic mass is 9.58. The van der Waals surface area contributed by atoms with Crippen LogP contribution in [0.15, 0.2) is 35.6 Å². The first-order valence-electron chi connectivity index (χ1n) is 8.28. The molecule has 1 aliphatic heterocycles. The van der Waals surface area contributed by atoms with E-state index in [1.165, 1.54) is 0 Å². The Labute approximate surface area is 141 Å². The highest BCUT2D eigenvalue weighted by atomic mass is 16.5. The predicted molar refractivity (Wildman–Crippen MR) is 90.3 cm³/mol. The van der Waals surface area contributed by atoms with E-state index in [9.17, 15) is 10.2 Å². The fourth-order valence-corrected chi connectivity index (χ4v) is 4.63. The van der Waals surface area contributed by atoms with Gasteiger partial charge in [-0.05, 0) is 55.8 Å². The number of aliphatic hydroxyl groups excluding tert-OH is 1. The van der Waals surface area contributed by atoms with Crippen molar-refractivity contribution in [2.45, 2.75) is 30.4 Å². The second kappa shape index (κ2) is 5.26. The zero-order chi connectivity index (χ0) is 17.1. The molecule has 0 amide bonds. The lowest BCUT2D eigenvalue weighted by molar-refractivity contribution is 0.131. The number of fused-ring (bicyclic) bond motifs is 1. The highest BCUT2D eigenvalue weighted by molar-refractivity contribution is 5.64. The molecule has 128 valence electrons. The number of methoxy groups -OCH3 is 2. The Morgan fingerprint density at radius 1 is 1.25 bits per heavy atom. The molecule has 4 rings (SSSR count). The average Bonchev–Trinajstić information content (AvgIpc) is 2.58. The summed E-state index contributed by atoms with van der Waals surface area (Å²) in [6, 6.07) is 4.10. The summed E-state index contributed by atoms with van der Waals surface area (Å²) in [5, 5.41) is 21.3. The Morgan fingerprint density at radius 2 is 2.04 bits per heavy atom. The Balaban J connectivity index is 2.01. The van der Waals surface area contributed by atoms with Crippen LogP contribution in [0.25, 0.3) is 0 Å². The molecular formula is C19H23NO4. The minimum atomic E-state index is -0.735. The number of benzene rings is 1. The summed E-state index contributed by atoms with van der Waals surface area (Å²) >= 11 is 0. The number of phenols is 1. The fraction of sp³-hybridized carbons (Fsp3) is 0.474. The molecule has 1 aromatic carbocycles. The number of piperidine rings is 1. The summed E-state index contributed by atoms with van der Waals surface area (Å²) in [5.41, 5.74) is 2.75. The number of hydrogen-bond acceptors (Lipinski definition) is 5. The van der Waals surface area contributed by atoms with Gasteiger partial charge in [-0.1, -0.05) is 6.07 Å². The van der Waals surface area contributed by atoms with E-state index >= 15 is 0 Å². The molecule has 1 fully saturated rings. The van der Waals surface area contributed by atoms with Crippen molar-refractivity contribution in [3.05, 3.63) is 46.7 Å². The van der Waals surface area contributed by atoms with Crippen molar-refractivity contribution < 1.29 is 19.7 Å². The van der Waals surface area contributed by atoms with E-state index in [0.29, 0.717) is 11.5 Å². The normalized spacial score (nSPS) is 31.5. The largest absolute Gasteiger partial charge is 0.504 e. The predicted octanol–water partition coefficient (Wildman–Crippen LogP) is 1.73. The molecule has 5 heteroatoms. The van der Waals surface area contributed by atoms with E-state index in [1.54, 1.807) is 14.2 Å². The first-order chi connectivity index (χ1) is 11.5. The van der Waals surface area contributed by atoms with Crippen LogP contribution in [0.4, 0.5) is 0 Å². The van der Waals surface area contributed by atoms with Crippen LogP contribution >= 0.6 is 0 Å². The van der Waals surface area contributed by atoms with Crippen molar-refractivity contribution in [1.82, 2.24) is 4.90 Å². The van der Waals surface area contributed by atoms with E-state index in [0.717, 1.165) is 36.1 Å². The number of ether oxygens (including phenoxy) is 2.